The number of hydrogen-bond acceptors (Lipinski definition) is 5. The predicted octanol–water partition coefficient (Wildman–Crippen LogP) is 1.48. The maximum atomic E-state index is 11.2. The fourth-order valence-corrected chi connectivity index (χ4v) is 1.22. The average Bonchev–Trinajstić information content (AvgIpc) is 2.36. The van der Waals surface area contributed by atoms with Crippen LogP contribution in [-0.2, 0) is 9.53 Å². The average molecular weight is 233 g/mol. The van der Waals surface area contributed by atoms with Crippen molar-refractivity contribution in [3.63, 3.8) is 0 Å². The van der Waals surface area contributed by atoms with Gasteiger partial charge in [-0.05, 0) is 18.2 Å². The number of carbonyl (C=O) groups is 1. The number of methoxy groups -OCH3 is 2. The third-order valence-electron chi connectivity index (χ3n) is 2.04. The van der Waals surface area contributed by atoms with Crippen molar-refractivity contribution in [2.75, 3.05) is 14.2 Å². The number of ether oxygens (including phenoxy) is 2. The number of hydrogen-bond donors (Lipinski definition) is 1. The molecular weight excluding hydrogens is 222 g/mol. The molecule has 0 saturated heterocycles. The Morgan fingerprint density at radius 2 is 2.18 bits per heavy atom. The molecule has 0 fully saturated rings. The van der Waals surface area contributed by atoms with Gasteiger partial charge in [0.25, 0.3) is 0 Å². The third kappa shape index (κ3) is 2.98. The molecule has 0 aromatic heterocycles. The molecule has 0 radical (unpaired) electrons. The summed E-state index contributed by atoms with van der Waals surface area (Å²) in [6, 6.07) is 6.09. The lowest BCUT2D eigenvalue weighted by molar-refractivity contribution is -0.135. The number of aromatic hydroxyl groups is 1. The van der Waals surface area contributed by atoms with Crippen molar-refractivity contribution < 1.29 is 19.4 Å². The zero-order valence-corrected chi connectivity index (χ0v) is 9.43. The Bertz CT molecular complexity index is 500. The first-order chi connectivity index (χ1) is 8.12. The van der Waals surface area contributed by atoms with E-state index in [2.05, 4.69) is 4.74 Å². The second-order valence-corrected chi connectivity index (χ2v) is 3.09. The molecule has 0 saturated carbocycles. The van der Waals surface area contributed by atoms with Crippen LogP contribution in [0.5, 0.6) is 11.5 Å². The number of rotatable bonds is 3. The largest absolute Gasteiger partial charge is 0.508 e. The molecule has 0 unspecified atom stereocenters. The third-order valence-corrected chi connectivity index (χ3v) is 2.04. The minimum Gasteiger partial charge on any atom is -0.508 e. The Labute approximate surface area is 98.5 Å². The number of phenols is 1. The van der Waals surface area contributed by atoms with Crippen molar-refractivity contribution >= 4 is 12.0 Å². The molecule has 0 aliphatic heterocycles. The van der Waals surface area contributed by atoms with Crippen molar-refractivity contribution in [1.29, 1.82) is 5.26 Å². The molecule has 0 atom stereocenters. The molecule has 0 heterocycles. The summed E-state index contributed by atoms with van der Waals surface area (Å²) in [5, 5.41) is 18.1. The Kier molecular flexibility index (Phi) is 4.12. The van der Waals surface area contributed by atoms with Crippen LogP contribution in [0.25, 0.3) is 6.08 Å². The molecule has 5 heteroatoms. The van der Waals surface area contributed by atoms with Crippen LogP contribution < -0.4 is 4.74 Å². The van der Waals surface area contributed by atoms with Gasteiger partial charge in [-0.3, -0.25) is 0 Å². The van der Waals surface area contributed by atoms with Gasteiger partial charge in [-0.1, -0.05) is 0 Å². The van der Waals surface area contributed by atoms with Gasteiger partial charge in [-0.15, -0.1) is 0 Å². The molecule has 1 rings (SSSR count). The summed E-state index contributed by atoms with van der Waals surface area (Å²) in [5.41, 5.74) is 0.365. The fraction of sp³-hybridized carbons (Fsp3) is 0.167. The first kappa shape index (κ1) is 12.6. The van der Waals surface area contributed by atoms with Gasteiger partial charge in [-0.2, -0.15) is 5.26 Å². The zero-order valence-electron chi connectivity index (χ0n) is 9.43. The SMILES string of the molecule is COC(=O)C(C#N)=Cc1ccc(O)cc1OC. The molecule has 0 aliphatic carbocycles. The van der Waals surface area contributed by atoms with Crippen LogP contribution in [0.15, 0.2) is 23.8 Å². The second-order valence-electron chi connectivity index (χ2n) is 3.09. The summed E-state index contributed by atoms with van der Waals surface area (Å²) in [5.74, 6) is -0.320. The number of benzene rings is 1. The fourth-order valence-electron chi connectivity index (χ4n) is 1.22. The topological polar surface area (TPSA) is 79.6 Å². The molecule has 1 N–H and O–H groups in total. The van der Waals surface area contributed by atoms with Crippen molar-refractivity contribution in [2.45, 2.75) is 0 Å². The highest BCUT2D eigenvalue weighted by atomic mass is 16.5. The van der Waals surface area contributed by atoms with E-state index in [1.165, 1.54) is 38.5 Å². The summed E-state index contributed by atoms with van der Waals surface area (Å²) < 4.78 is 9.47. The van der Waals surface area contributed by atoms with E-state index in [0.29, 0.717) is 11.3 Å². The first-order valence-electron chi connectivity index (χ1n) is 4.69. The summed E-state index contributed by atoms with van der Waals surface area (Å²) in [6.45, 7) is 0. The van der Waals surface area contributed by atoms with Crippen LogP contribution in [0.1, 0.15) is 5.56 Å². The van der Waals surface area contributed by atoms with Gasteiger partial charge in [-0.25, -0.2) is 4.79 Å². The maximum absolute atomic E-state index is 11.2. The quantitative estimate of drug-likeness (QED) is 0.486. The summed E-state index contributed by atoms with van der Waals surface area (Å²) in [7, 11) is 2.62. The highest BCUT2D eigenvalue weighted by Gasteiger charge is 2.10. The van der Waals surface area contributed by atoms with Gasteiger partial charge in [0.1, 0.15) is 23.1 Å². The lowest BCUT2D eigenvalue weighted by Gasteiger charge is -2.05. The van der Waals surface area contributed by atoms with Gasteiger partial charge >= 0.3 is 5.97 Å². The minimum absolute atomic E-state index is 0.0376. The Morgan fingerprint density at radius 3 is 2.71 bits per heavy atom. The summed E-state index contributed by atoms with van der Waals surface area (Å²) >= 11 is 0. The van der Waals surface area contributed by atoms with Crippen LogP contribution in [0.2, 0.25) is 0 Å². The van der Waals surface area contributed by atoms with E-state index >= 15 is 0 Å². The second kappa shape index (κ2) is 5.56. The van der Waals surface area contributed by atoms with E-state index in [9.17, 15) is 9.90 Å². The number of phenolic OH excluding ortho intramolecular Hbond substituents is 1. The normalized spacial score (nSPS) is 10.5. The Morgan fingerprint density at radius 1 is 1.47 bits per heavy atom. The van der Waals surface area contributed by atoms with E-state index in [0.717, 1.165) is 0 Å². The minimum atomic E-state index is -0.720. The van der Waals surface area contributed by atoms with Crippen LogP contribution in [0.3, 0.4) is 0 Å². The van der Waals surface area contributed by atoms with Gasteiger partial charge in [0, 0.05) is 11.6 Å². The molecule has 0 spiro atoms. The molecule has 0 aliphatic rings. The molecular formula is C12H11NO4. The molecule has 88 valence electrons. The lowest BCUT2D eigenvalue weighted by Crippen LogP contribution is -2.02. The lowest BCUT2D eigenvalue weighted by atomic mass is 10.1. The molecule has 1 aromatic carbocycles. The highest BCUT2D eigenvalue weighted by molar-refractivity contribution is 5.98. The van der Waals surface area contributed by atoms with Crippen molar-refractivity contribution in [3.05, 3.63) is 29.3 Å². The van der Waals surface area contributed by atoms with Crippen LogP contribution in [-0.4, -0.2) is 25.3 Å². The van der Waals surface area contributed by atoms with Gasteiger partial charge in [0.05, 0.1) is 14.2 Å². The van der Waals surface area contributed by atoms with Crippen molar-refractivity contribution in [3.8, 4) is 17.6 Å². The Hall–Kier alpha value is -2.48. The highest BCUT2D eigenvalue weighted by Crippen LogP contribution is 2.25. The standard InChI is InChI=1S/C12H11NO4/c1-16-11-6-10(14)4-3-8(11)5-9(7-13)12(15)17-2/h3-6,14H,1-2H3. The van der Waals surface area contributed by atoms with Crippen LogP contribution >= 0.6 is 0 Å². The molecule has 0 bridgehead atoms. The van der Waals surface area contributed by atoms with E-state index in [4.69, 9.17) is 10.00 Å². The molecule has 17 heavy (non-hydrogen) atoms. The van der Waals surface area contributed by atoms with Crippen molar-refractivity contribution in [2.24, 2.45) is 0 Å². The van der Waals surface area contributed by atoms with E-state index in [-0.39, 0.29) is 11.3 Å². The zero-order chi connectivity index (χ0) is 12.8. The van der Waals surface area contributed by atoms with Crippen LogP contribution in [0, 0.1) is 11.3 Å². The summed E-state index contributed by atoms with van der Waals surface area (Å²) in [4.78, 5) is 11.2. The first-order valence-corrected chi connectivity index (χ1v) is 4.69. The Balaban J connectivity index is 3.21. The van der Waals surface area contributed by atoms with Crippen molar-refractivity contribution in [1.82, 2.24) is 0 Å². The molecule has 1 aromatic rings. The van der Waals surface area contributed by atoms with Gasteiger partial charge in [0.15, 0.2) is 0 Å². The van der Waals surface area contributed by atoms with Gasteiger partial charge < -0.3 is 14.6 Å². The van der Waals surface area contributed by atoms with E-state index < -0.39 is 5.97 Å². The smallest absolute Gasteiger partial charge is 0.348 e. The number of nitriles is 1. The number of esters is 1. The molecule has 5 nitrogen and oxygen atoms in total. The van der Waals surface area contributed by atoms with Crippen LogP contribution in [0.4, 0.5) is 0 Å². The maximum Gasteiger partial charge on any atom is 0.348 e. The summed E-state index contributed by atoms with van der Waals surface area (Å²) in [6.07, 6.45) is 1.34. The molecule has 0 amide bonds. The predicted molar refractivity (Wildman–Crippen MR) is 60.3 cm³/mol. The van der Waals surface area contributed by atoms with E-state index in [1.54, 1.807) is 6.07 Å². The monoisotopic (exact) mass is 233 g/mol. The van der Waals surface area contributed by atoms with Gasteiger partial charge in [0.2, 0.25) is 0 Å². The number of carbonyl (C=O) groups excluding carboxylic acids is 1. The number of nitrogens with zero attached hydrogens (tertiary/aromatic N) is 1. The van der Waals surface area contributed by atoms with E-state index in [1.807, 2.05) is 0 Å².